The maximum atomic E-state index is 11.1. The van der Waals surface area contributed by atoms with Crippen molar-refractivity contribution in [2.45, 2.75) is 6.92 Å². The summed E-state index contributed by atoms with van der Waals surface area (Å²) in [5.74, 6) is -0.0702. The minimum atomic E-state index is -0.0702. The van der Waals surface area contributed by atoms with Crippen LogP contribution in [0.15, 0.2) is 28.4 Å². The van der Waals surface area contributed by atoms with E-state index in [1.54, 1.807) is 20.0 Å². The third kappa shape index (κ3) is 1.37. The molecule has 1 aliphatic carbocycles. The van der Waals surface area contributed by atoms with Gasteiger partial charge in [0.25, 0.3) is 0 Å². The summed E-state index contributed by atoms with van der Waals surface area (Å²) in [7, 11) is 1.57. The highest BCUT2D eigenvalue weighted by molar-refractivity contribution is 6.49. The van der Waals surface area contributed by atoms with Crippen LogP contribution in [0, 0.1) is 0 Å². The fourth-order valence-electron chi connectivity index (χ4n) is 0.861. The lowest BCUT2D eigenvalue weighted by molar-refractivity contribution is -0.108. The zero-order valence-corrected chi connectivity index (χ0v) is 6.59. The van der Waals surface area contributed by atoms with Gasteiger partial charge in [-0.05, 0) is 24.6 Å². The first-order valence-corrected chi connectivity index (χ1v) is 3.32. The van der Waals surface area contributed by atoms with Crippen molar-refractivity contribution < 1.29 is 4.79 Å². The van der Waals surface area contributed by atoms with Gasteiger partial charge in [0, 0.05) is 12.7 Å². The van der Waals surface area contributed by atoms with Crippen molar-refractivity contribution in [3.63, 3.8) is 0 Å². The Morgan fingerprint density at radius 3 is 2.64 bits per heavy atom. The normalized spacial score (nSPS) is 21.6. The van der Waals surface area contributed by atoms with Crippen molar-refractivity contribution in [2.24, 2.45) is 10.7 Å². The topological polar surface area (TPSA) is 55.4 Å². The molecule has 2 N–H and O–H groups in total. The van der Waals surface area contributed by atoms with Crippen LogP contribution in [0.4, 0.5) is 0 Å². The van der Waals surface area contributed by atoms with Crippen LogP contribution >= 0.6 is 0 Å². The molecule has 3 nitrogen and oxygen atoms in total. The molecule has 1 aliphatic rings. The molecular formula is C8H10N2O. The molecule has 0 aliphatic heterocycles. The number of hydrogen-bond donors (Lipinski definition) is 1. The molecule has 0 aromatic heterocycles. The lowest BCUT2D eigenvalue weighted by Gasteiger charge is -2.07. The molecular weight excluding hydrogens is 140 g/mol. The van der Waals surface area contributed by atoms with Gasteiger partial charge in [-0.3, -0.25) is 9.79 Å². The summed E-state index contributed by atoms with van der Waals surface area (Å²) in [5.41, 5.74) is 7.41. The third-order valence-electron chi connectivity index (χ3n) is 1.59. The Balaban J connectivity index is 3.08. The van der Waals surface area contributed by atoms with Crippen LogP contribution in [0.3, 0.4) is 0 Å². The van der Waals surface area contributed by atoms with Crippen LogP contribution < -0.4 is 5.73 Å². The first kappa shape index (κ1) is 7.72. The number of carbonyl (C=O) groups excluding carboxylic acids is 1. The van der Waals surface area contributed by atoms with Gasteiger partial charge in [-0.1, -0.05) is 0 Å². The number of hydrogen-bond acceptors (Lipinski definition) is 3. The van der Waals surface area contributed by atoms with E-state index in [4.69, 9.17) is 5.73 Å². The molecule has 58 valence electrons. The minimum absolute atomic E-state index is 0.0702. The summed E-state index contributed by atoms with van der Waals surface area (Å²) in [6.45, 7) is 1.80. The van der Waals surface area contributed by atoms with Gasteiger partial charge in [0.2, 0.25) is 5.78 Å². The minimum Gasteiger partial charge on any atom is -0.398 e. The lowest BCUT2D eigenvalue weighted by atomic mass is 10.0. The Bertz CT molecular complexity index is 284. The van der Waals surface area contributed by atoms with Gasteiger partial charge in [-0.2, -0.15) is 0 Å². The van der Waals surface area contributed by atoms with Gasteiger partial charge in [0.05, 0.1) is 0 Å². The van der Waals surface area contributed by atoms with Crippen LogP contribution in [0.25, 0.3) is 0 Å². The molecule has 0 aromatic carbocycles. The molecule has 3 heteroatoms. The number of carbonyl (C=O) groups is 1. The molecule has 0 atom stereocenters. The smallest absolute Gasteiger partial charge is 0.204 e. The van der Waals surface area contributed by atoms with Crippen molar-refractivity contribution >= 4 is 11.5 Å². The summed E-state index contributed by atoms with van der Waals surface area (Å²) >= 11 is 0. The van der Waals surface area contributed by atoms with E-state index in [2.05, 4.69) is 4.99 Å². The van der Waals surface area contributed by atoms with Crippen molar-refractivity contribution in [3.8, 4) is 0 Å². The van der Waals surface area contributed by atoms with E-state index in [0.29, 0.717) is 11.4 Å². The standard InChI is InChI=1S/C8H10N2O/c1-5-3-8(11)7(10-2)4-6(5)9/h3-4H,9H2,1-2H3. The van der Waals surface area contributed by atoms with Gasteiger partial charge in [0.15, 0.2) is 0 Å². The number of nitrogens with zero attached hydrogens (tertiary/aromatic N) is 1. The summed E-state index contributed by atoms with van der Waals surface area (Å²) in [4.78, 5) is 14.9. The molecule has 1 rings (SSSR count). The molecule has 0 unspecified atom stereocenters. The molecule has 0 radical (unpaired) electrons. The number of aliphatic imine (C=N–C) groups is 1. The second-order valence-electron chi connectivity index (χ2n) is 2.40. The molecule has 0 aromatic rings. The van der Waals surface area contributed by atoms with Gasteiger partial charge in [0.1, 0.15) is 5.71 Å². The second kappa shape index (κ2) is 2.70. The largest absolute Gasteiger partial charge is 0.398 e. The van der Waals surface area contributed by atoms with E-state index >= 15 is 0 Å². The Morgan fingerprint density at radius 2 is 2.09 bits per heavy atom. The van der Waals surface area contributed by atoms with Gasteiger partial charge in [-0.15, -0.1) is 0 Å². The number of ketones is 1. The van der Waals surface area contributed by atoms with Crippen LogP contribution in [0.2, 0.25) is 0 Å². The SMILES string of the molecule is CN=C1C=C(N)C(C)=CC1=O. The summed E-state index contributed by atoms with van der Waals surface area (Å²) in [6.07, 6.45) is 3.09. The van der Waals surface area contributed by atoms with Gasteiger partial charge in [-0.25, -0.2) is 0 Å². The number of nitrogens with two attached hydrogens (primary N) is 1. The predicted molar refractivity (Wildman–Crippen MR) is 44.4 cm³/mol. The zero-order chi connectivity index (χ0) is 8.43. The van der Waals surface area contributed by atoms with E-state index in [9.17, 15) is 4.79 Å². The van der Waals surface area contributed by atoms with E-state index in [-0.39, 0.29) is 5.78 Å². The third-order valence-corrected chi connectivity index (χ3v) is 1.59. The molecule has 11 heavy (non-hydrogen) atoms. The Hall–Kier alpha value is -1.38. The van der Waals surface area contributed by atoms with E-state index < -0.39 is 0 Å². The first-order valence-electron chi connectivity index (χ1n) is 3.32. The second-order valence-corrected chi connectivity index (χ2v) is 2.40. The molecule has 0 bridgehead atoms. The maximum Gasteiger partial charge on any atom is 0.204 e. The van der Waals surface area contributed by atoms with Gasteiger partial charge < -0.3 is 5.73 Å². The van der Waals surface area contributed by atoms with Crippen molar-refractivity contribution in [1.29, 1.82) is 0 Å². The Kier molecular flexibility index (Phi) is 1.89. The number of rotatable bonds is 0. The van der Waals surface area contributed by atoms with Crippen LogP contribution in [0.1, 0.15) is 6.92 Å². The van der Waals surface area contributed by atoms with Crippen molar-refractivity contribution in [3.05, 3.63) is 23.4 Å². The highest BCUT2D eigenvalue weighted by Crippen LogP contribution is 2.09. The van der Waals surface area contributed by atoms with Gasteiger partial charge >= 0.3 is 0 Å². The van der Waals surface area contributed by atoms with Crippen molar-refractivity contribution in [2.75, 3.05) is 7.05 Å². The summed E-state index contributed by atoms with van der Waals surface area (Å²) in [5, 5.41) is 0. The number of allylic oxidation sites excluding steroid dienone is 3. The average Bonchev–Trinajstić information content (AvgIpc) is 1.97. The summed E-state index contributed by atoms with van der Waals surface area (Å²) < 4.78 is 0. The lowest BCUT2D eigenvalue weighted by Crippen LogP contribution is -2.17. The average molecular weight is 150 g/mol. The Labute approximate surface area is 65.3 Å². The van der Waals surface area contributed by atoms with E-state index in [1.807, 2.05) is 0 Å². The highest BCUT2D eigenvalue weighted by Gasteiger charge is 2.12. The first-order chi connectivity index (χ1) is 5.15. The molecule has 0 spiro atoms. The maximum absolute atomic E-state index is 11.1. The van der Waals surface area contributed by atoms with E-state index in [0.717, 1.165) is 5.57 Å². The fourth-order valence-corrected chi connectivity index (χ4v) is 0.861. The molecule has 0 amide bonds. The quantitative estimate of drug-likeness (QED) is 0.509. The van der Waals surface area contributed by atoms with Crippen LogP contribution in [-0.2, 0) is 4.79 Å². The van der Waals surface area contributed by atoms with E-state index in [1.165, 1.54) is 6.08 Å². The molecule has 0 heterocycles. The highest BCUT2D eigenvalue weighted by atomic mass is 16.1. The molecule has 0 saturated heterocycles. The van der Waals surface area contributed by atoms with Crippen molar-refractivity contribution in [1.82, 2.24) is 0 Å². The fraction of sp³-hybridized carbons (Fsp3) is 0.250. The zero-order valence-electron chi connectivity index (χ0n) is 6.59. The monoisotopic (exact) mass is 150 g/mol. The predicted octanol–water partition coefficient (Wildman–Crippen LogP) is 0.429. The summed E-state index contributed by atoms with van der Waals surface area (Å²) in [6, 6.07) is 0. The van der Waals surface area contributed by atoms with Crippen LogP contribution in [-0.4, -0.2) is 18.5 Å². The Morgan fingerprint density at radius 1 is 1.45 bits per heavy atom. The van der Waals surface area contributed by atoms with Crippen LogP contribution in [0.5, 0.6) is 0 Å². The molecule has 0 saturated carbocycles. The molecule has 0 fully saturated rings.